The van der Waals surface area contributed by atoms with E-state index in [-0.39, 0.29) is 15.6 Å². The fourth-order valence-electron chi connectivity index (χ4n) is 1.33. The highest BCUT2D eigenvalue weighted by Crippen LogP contribution is 2.23. The lowest BCUT2D eigenvalue weighted by molar-refractivity contribution is 0.0582. The minimum absolute atomic E-state index is 0.0420. The molecule has 19 heavy (non-hydrogen) atoms. The first-order valence-electron chi connectivity index (χ1n) is 5.22. The van der Waals surface area contributed by atoms with Crippen molar-refractivity contribution in [2.24, 2.45) is 0 Å². The Labute approximate surface area is 115 Å². The van der Waals surface area contributed by atoms with Gasteiger partial charge < -0.3 is 21.1 Å². The van der Waals surface area contributed by atoms with Gasteiger partial charge in [0.25, 0.3) is 0 Å². The smallest absolute Gasteiger partial charge is 0.243 e. The van der Waals surface area contributed by atoms with Gasteiger partial charge in [0.2, 0.25) is 10.0 Å². The minimum Gasteiger partial charge on any atom is -0.398 e. The van der Waals surface area contributed by atoms with Crippen LogP contribution in [0.4, 0.5) is 5.69 Å². The number of hydrogen-bond acceptors (Lipinski definition) is 6. The molecule has 0 fully saturated rings. The van der Waals surface area contributed by atoms with Crippen LogP contribution in [0.5, 0.6) is 0 Å². The fourth-order valence-corrected chi connectivity index (χ4v) is 3.10. The van der Waals surface area contributed by atoms with Crippen LogP contribution in [-0.2, 0) is 10.0 Å². The van der Waals surface area contributed by atoms with Crippen molar-refractivity contribution in [2.75, 3.05) is 25.6 Å². The van der Waals surface area contributed by atoms with Crippen molar-refractivity contribution in [1.82, 2.24) is 4.72 Å². The van der Waals surface area contributed by atoms with E-state index < -0.39 is 35.4 Å². The molecule has 1 aromatic rings. The van der Waals surface area contributed by atoms with Gasteiger partial charge in [-0.15, -0.1) is 0 Å². The predicted molar refractivity (Wildman–Crippen MR) is 70.2 cm³/mol. The molecule has 0 bridgehead atoms. The van der Waals surface area contributed by atoms with E-state index in [1.54, 1.807) is 0 Å². The molecule has 7 nitrogen and oxygen atoms in total. The summed E-state index contributed by atoms with van der Waals surface area (Å²) in [4.78, 5) is -0.292. The van der Waals surface area contributed by atoms with Crippen LogP contribution in [0.3, 0.4) is 0 Å². The van der Waals surface area contributed by atoms with Gasteiger partial charge in [-0.2, -0.15) is 4.72 Å². The van der Waals surface area contributed by atoms with Gasteiger partial charge in [0.15, 0.2) is 0 Å². The highest BCUT2D eigenvalue weighted by atomic mass is 35.5. The summed E-state index contributed by atoms with van der Waals surface area (Å²) in [5.74, 6) is 0. The van der Waals surface area contributed by atoms with E-state index in [0.29, 0.717) is 0 Å². The van der Waals surface area contributed by atoms with Gasteiger partial charge in [0.05, 0.1) is 25.5 Å². The standard InChI is InChI=1S/C10H15ClN2O5S/c11-7-1-2-8(12)9(3-7)19(17,18)13-10(4-14,5-15)6-16/h1-3,13-16H,4-6,12H2. The molecule has 0 aliphatic carbocycles. The Morgan fingerprint density at radius 3 is 2.21 bits per heavy atom. The largest absolute Gasteiger partial charge is 0.398 e. The molecule has 0 aliphatic rings. The van der Waals surface area contributed by atoms with Crippen molar-refractivity contribution < 1.29 is 23.7 Å². The molecule has 0 atom stereocenters. The van der Waals surface area contributed by atoms with Crippen LogP contribution in [0.25, 0.3) is 0 Å². The van der Waals surface area contributed by atoms with Gasteiger partial charge in [-0.25, -0.2) is 8.42 Å². The van der Waals surface area contributed by atoms with E-state index in [1.807, 2.05) is 4.72 Å². The van der Waals surface area contributed by atoms with Gasteiger partial charge in [0, 0.05) is 5.02 Å². The third kappa shape index (κ3) is 3.56. The fraction of sp³-hybridized carbons (Fsp3) is 0.400. The molecular weight excluding hydrogens is 296 g/mol. The van der Waals surface area contributed by atoms with Crippen molar-refractivity contribution in [1.29, 1.82) is 0 Å². The van der Waals surface area contributed by atoms with E-state index >= 15 is 0 Å². The molecule has 0 amide bonds. The molecule has 0 radical (unpaired) electrons. The summed E-state index contributed by atoms with van der Waals surface area (Å²) in [5.41, 5.74) is 3.74. The van der Waals surface area contributed by atoms with E-state index in [9.17, 15) is 8.42 Å². The van der Waals surface area contributed by atoms with Crippen LogP contribution < -0.4 is 10.5 Å². The van der Waals surface area contributed by atoms with Gasteiger partial charge in [0.1, 0.15) is 10.4 Å². The highest BCUT2D eigenvalue weighted by Gasteiger charge is 2.34. The number of rotatable bonds is 6. The van der Waals surface area contributed by atoms with Gasteiger partial charge in [-0.05, 0) is 18.2 Å². The molecule has 108 valence electrons. The maximum absolute atomic E-state index is 12.1. The summed E-state index contributed by atoms with van der Waals surface area (Å²) < 4.78 is 26.3. The number of aliphatic hydroxyl groups excluding tert-OH is 3. The monoisotopic (exact) mass is 310 g/mol. The SMILES string of the molecule is Nc1ccc(Cl)cc1S(=O)(=O)NC(CO)(CO)CO. The van der Waals surface area contributed by atoms with Gasteiger partial charge >= 0.3 is 0 Å². The number of aliphatic hydroxyl groups is 3. The Bertz CT molecular complexity index is 537. The second-order valence-electron chi connectivity index (χ2n) is 4.04. The van der Waals surface area contributed by atoms with Crippen LogP contribution in [-0.4, -0.2) is 49.1 Å². The number of hydrogen-bond donors (Lipinski definition) is 5. The summed E-state index contributed by atoms with van der Waals surface area (Å²) in [5, 5.41) is 27.5. The molecule has 0 aliphatic heterocycles. The molecule has 0 saturated heterocycles. The van der Waals surface area contributed by atoms with Gasteiger partial charge in [-0.3, -0.25) is 0 Å². The van der Waals surface area contributed by atoms with Crippen molar-refractivity contribution in [3.05, 3.63) is 23.2 Å². The lowest BCUT2D eigenvalue weighted by atomic mass is 10.1. The quantitative estimate of drug-likeness (QED) is 0.424. The van der Waals surface area contributed by atoms with Crippen molar-refractivity contribution >= 4 is 27.3 Å². The number of nitrogen functional groups attached to an aromatic ring is 1. The number of nitrogens with two attached hydrogens (primary N) is 1. The summed E-state index contributed by atoms with van der Waals surface area (Å²) in [6, 6.07) is 3.87. The van der Waals surface area contributed by atoms with Crippen LogP contribution in [0, 0.1) is 0 Å². The Hall–Kier alpha value is -0.900. The number of halogens is 1. The summed E-state index contributed by atoms with van der Waals surface area (Å²) >= 11 is 5.70. The summed E-state index contributed by atoms with van der Waals surface area (Å²) in [6.45, 7) is -2.33. The van der Waals surface area contributed by atoms with Crippen molar-refractivity contribution in [3.63, 3.8) is 0 Å². The lowest BCUT2D eigenvalue weighted by Crippen LogP contribution is -2.56. The molecular formula is C10H15ClN2O5S. The molecule has 1 aromatic carbocycles. The molecule has 0 heterocycles. The zero-order valence-corrected chi connectivity index (χ0v) is 11.4. The Kier molecular flexibility index (Phi) is 5.13. The molecule has 0 saturated carbocycles. The van der Waals surface area contributed by atoms with E-state index in [0.717, 1.165) is 6.07 Å². The summed E-state index contributed by atoms with van der Waals surface area (Å²) in [7, 11) is -4.15. The molecule has 0 unspecified atom stereocenters. The highest BCUT2D eigenvalue weighted by molar-refractivity contribution is 7.89. The maximum Gasteiger partial charge on any atom is 0.243 e. The Morgan fingerprint density at radius 2 is 1.74 bits per heavy atom. The Balaban J connectivity index is 3.21. The van der Waals surface area contributed by atoms with E-state index in [1.165, 1.54) is 12.1 Å². The molecule has 6 N–H and O–H groups in total. The molecule has 0 aromatic heterocycles. The molecule has 0 spiro atoms. The third-order valence-electron chi connectivity index (χ3n) is 2.52. The van der Waals surface area contributed by atoms with E-state index in [4.69, 9.17) is 32.7 Å². The minimum atomic E-state index is -4.15. The first kappa shape index (κ1) is 16.2. The van der Waals surface area contributed by atoms with Crippen LogP contribution >= 0.6 is 11.6 Å². The first-order valence-corrected chi connectivity index (χ1v) is 7.08. The number of anilines is 1. The zero-order chi connectivity index (χ0) is 14.7. The summed E-state index contributed by atoms with van der Waals surface area (Å²) in [6.07, 6.45) is 0. The normalized spacial score (nSPS) is 12.6. The van der Waals surface area contributed by atoms with Crippen LogP contribution in [0.1, 0.15) is 0 Å². The topological polar surface area (TPSA) is 133 Å². The molecule has 1 rings (SSSR count). The van der Waals surface area contributed by atoms with Crippen molar-refractivity contribution in [2.45, 2.75) is 10.4 Å². The second-order valence-corrected chi connectivity index (χ2v) is 6.13. The second kappa shape index (κ2) is 6.04. The average molecular weight is 311 g/mol. The third-order valence-corrected chi connectivity index (χ3v) is 4.39. The van der Waals surface area contributed by atoms with E-state index in [2.05, 4.69) is 0 Å². The van der Waals surface area contributed by atoms with Crippen LogP contribution in [0.2, 0.25) is 5.02 Å². The predicted octanol–water partition coefficient (Wildman–Crippen LogP) is -1.08. The number of nitrogens with one attached hydrogen (secondary N) is 1. The lowest BCUT2D eigenvalue weighted by Gasteiger charge is -2.28. The zero-order valence-electron chi connectivity index (χ0n) is 9.88. The molecule has 9 heteroatoms. The average Bonchev–Trinajstić information content (AvgIpc) is 2.39. The van der Waals surface area contributed by atoms with Crippen LogP contribution in [0.15, 0.2) is 23.1 Å². The Morgan fingerprint density at radius 1 is 1.21 bits per heavy atom. The maximum atomic E-state index is 12.1. The first-order chi connectivity index (χ1) is 8.80. The number of benzene rings is 1. The number of sulfonamides is 1. The van der Waals surface area contributed by atoms with Gasteiger partial charge in [-0.1, -0.05) is 11.6 Å². The van der Waals surface area contributed by atoms with Crippen molar-refractivity contribution in [3.8, 4) is 0 Å².